The highest BCUT2D eigenvalue weighted by molar-refractivity contribution is 7.45. The van der Waals surface area contributed by atoms with Gasteiger partial charge in [0.15, 0.2) is 0 Å². The van der Waals surface area contributed by atoms with Crippen molar-refractivity contribution in [2.24, 2.45) is 11.8 Å². The molecule has 194 valence electrons. The Hall–Kier alpha value is -0.870. The van der Waals surface area contributed by atoms with Crippen molar-refractivity contribution >= 4 is 7.82 Å². The smallest absolute Gasteiger partial charge is 0.466 e. The summed E-state index contributed by atoms with van der Waals surface area (Å²) < 4.78 is 15.3. The van der Waals surface area contributed by atoms with Crippen LogP contribution in [0.15, 0.2) is 18.2 Å². The maximum Gasteiger partial charge on any atom is 0.466 e. The van der Waals surface area contributed by atoms with Gasteiger partial charge in [0, 0.05) is 0 Å². The molecule has 3 N–H and O–H groups in total. The van der Waals surface area contributed by atoms with Gasteiger partial charge in [-0.25, -0.2) is 4.57 Å². The summed E-state index contributed by atoms with van der Waals surface area (Å²) in [6.45, 7) is 12.3. The molecule has 5 nitrogen and oxygen atoms in total. The Morgan fingerprint density at radius 1 is 0.818 bits per heavy atom. The van der Waals surface area contributed by atoms with E-state index in [0.717, 1.165) is 18.3 Å². The lowest BCUT2D eigenvalue weighted by Gasteiger charge is -2.21. The van der Waals surface area contributed by atoms with Crippen LogP contribution in [0.5, 0.6) is 5.75 Å². The van der Waals surface area contributed by atoms with Gasteiger partial charge in [-0.3, -0.25) is 0 Å². The summed E-state index contributed by atoms with van der Waals surface area (Å²) in [4.78, 5) is 21.6. The fourth-order valence-electron chi connectivity index (χ4n) is 4.13. The first-order valence-corrected chi connectivity index (χ1v) is 14.7. The van der Waals surface area contributed by atoms with E-state index in [4.69, 9.17) is 24.0 Å². The number of hydrogen-bond acceptors (Lipinski definition) is 2. The second-order valence-electron chi connectivity index (χ2n) is 9.41. The first-order chi connectivity index (χ1) is 15.6. The van der Waals surface area contributed by atoms with Gasteiger partial charge < -0.3 is 19.4 Å². The van der Waals surface area contributed by atoms with E-state index in [1.807, 2.05) is 0 Å². The molecule has 0 amide bonds. The molecule has 0 bridgehead atoms. The van der Waals surface area contributed by atoms with Crippen LogP contribution in [-0.2, 0) is 11.0 Å². The Bertz CT molecular complexity index is 635. The second kappa shape index (κ2) is 19.4. The third-order valence-corrected chi connectivity index (χ3v) is 6.17. The normalized spacial score (nSPS) is 13.2. The zero-order valence-electron chi connectivity index (χ0n) is 21.9. The monoisotopic (exact) mass is 486 g/mol. The number of phosphoric acid groups is 1. The highest BCUT2D eigenvalue weighted by atomic mass is 31.2. The molecule has 6 heteroatoms. The molecule has 0 saturated heterocycles. The Morgan fingerprint density at radius 3 is 1.91 bits per heavy atom. The summed E-state index contributed by atoms with van der Waals surface area (Å²) in [5.41, 5.74) is 2.79. The minimum atomic E-state index is -4.64. The molecule has 0 fully saturated rings. The molecule has 2 atom stereocenters. The number of unbranched alkanes of at least 4 members (excludes halogenated alkanes) is 5. The lowest BCUT2D eigenvalue weighted by Crippen LogP contribution is -2.14. The summed E-state index contributed by atoms with van der Waals surface area (Å²) >= 11 is 0. The molecule has 0 aliphatic carbocycles. The van der Waals surface area contributed by atoms with E-state index in [9.17, 15) is 0 Å². The van der Waals surface area contributed by atoms with Crippen LogP contribution in [0.25, 0.3) is 0 Å². The van der Waals surface area contributed by atoms with Crippen LogP contribution in [0.3, 0.4) is 0 Å². The average molecular weight is 487 g/mol. The minimum Gasteiger partial charge on any atom is -0.493 e. The summed E-state index contributed by atoms with van der Waals surface area (Å²) in [7, 11) is -4.64. The number of rotatable bonds is 17. The molecule has 33 heavy (non-hydrogen) atoms. The highest BCUT2D eigenvalue weighted by Gasteiger charge is 2.14. The van der Waals surface area contributed by atoms with Crippen molar-refractivity contribution in [1.82, 2.24) is 0 Å². The van der Waals surface area contributed by atoms with E-state index in [-0.39, 0.29) is 0 Å². The van der Waals surface area contributed by atoms with Crippen molar-refractivity contribution in [1.29, 1.82) is 0 Å². The quantitative estimate of drug-likeness (QED) is 0.153. The number of aryl methyl sites for hydroxylation is 1. The molecule has 2 unspecified atom stereocenters. The molecular formula is C27H51O5P. The van der Waals surface area contributed by atoms with E-state index in [1.165, 1.54) is 94.6 Å². The fourth-order valence-corrected chi connectivity index (χ4v) is 4.13. The summed E-state index contributed by atoms with van der Waals surface area (Å²) in [5.74, 6) is 2.65. The second-order valence-corrected chi connectivity index (χ2v) is 10.4. The van der Waals surface area contributed by atoms with Crippen LogP contribution in [0.2, 0.25) is 0 Å². The third kappa shape index (κ3) is 19.2. The minimum absolute atomic E-state index is 0.716. The predicted molar refractivity (Wildman–Crippen MR) is 140 cm³/mol. The van der Waals surface area contributed by atoms with Crippen molar-refractivity contribution in [2.75, 3.05) is 6.61 Å². The molecule has 0 heterocycles. The molecular weight excluding hydrogens is 435 g/mol. The van der Waals surface area contributed by atoms with Gasteiger partial charge in [-0.2, -0.15) is 0 Å². The number of hydrogen-bond donors (Lipinski definition) is 3. The lowest BCUT2D eigenvalue weighted by molar-refractivity contribution is 0.222. The van der Waals surface area contributed by atoms with Gasteiger partial charge in [-0.15, -0.1) is 0 Å². The summed E-state index contributed by atoms with van der Waals surface area (Å²) in [6, 6.07) is 6.81. The van der Waals surface area contributed by atoms with Gasteiger partial charge in [-0.1, -0.05) is 110 Å². The molecule has 1 aromatic carbocycles. The van der Waals surface area contributed by atoms with E-state index >= 15 is 0 Å². The van der Waals surface area contributed by atoms with Crippen molar-refractivity contribution in [3.63, 3.8) is 0 Å². The van der Waals surface area contributed by atoms with E-state index in [0.29, 0.717) is 5.92 Å². The SMILES string of the molecule is CCCCCCC(CCCC)COc1ccc(C)cc1CC(CC)CCCC.O=P(O)(O)O. The first-order valence-electron chi connectivity index (χ1n) is 13.1. The Kier molecular flexibility index (Phi) is 18.9. The number of benzene rings is 1. The molecule has 1 rings (SSSR count). The van der Waals surface area contributed by atoms with Gasteiger partial charge in [0.05, 0.1) is 6.61 Å². The first kappa shape index (κ1) is 32.1. The lowest BCUT2D eigenvalue weighted by atomic mass is 9.91. The van der Waals surface area contributed by atoms with Crippen LogP contribution in [0, 0.1) is 18.8 Å². The van der Waals surface area contributed by atoms with E-state index < -0.39 is 7.82 Å². The molecule has 1 aromatic rings. The van der Waals surface area contributed by atoms with Crippen LogP contribution in [0.1, 0.15) is 116 Å². The van der Waals surface area contributed by atoms with Crippen LogP contribution < -0.4 is 4.74 Å². The Morgan fingerprint density at radius 2 is 1.36 bits per heavy atom. The van der Waals surface area contributed by atoms with Crippen molar-refractivity contribution < 1.29 is 24.0 Å². The largest absolute Gasteiger partial charge is 0.493 e. The molecule has 0 aliphatic rings. The third-order valence-electron chi connectivity index (χ3n) is 6.17. The standard InChI is InChI=1S/C27H48O.H3O4P/c1-6-10-13-14-17-25(16-12-8-3)22-28-27-19-18-23(5)20-26(27)21-24(9-4)15-11-7-2;1-5(2,3)4/h18-20,24-25H,6-17,21-22H2,1-5H3;(H3,1,2,3,4). The van der Waals surface area contributed by atoms with Crippen LogP contribution in [-0.4, -0.2) is 21.3 Å². The van der Waals surface area contributed by atoms with Crippen LogP contribution >= 0.6 is 7.82 Å². The maximum atomic E-state index is 8.88. The van der Waals surface area contributed by atoms with Gasteiger partial charge in [0.2, 0.25) is 0 Å². The van der Waals surface area contributed by atoms with E-state index in [1.54, 1.807) is 0 Å². The fraction of sp³-hybridized carbons (Fsp3) is 0.778. The zero-order chi connectivity index (χ0) is 25.1. The molecule has 0 aromatic heterocycles. The zero-order valence-corrected chi connectivity index (χ0v) is 22.8. The Balaban J connectivity index is 0.00000184. The van der Waals surface area contributed by atoms with Crippen molar-refractivity contribution in [3.8, 4) is 5.75 Å². The van der Waals surface area contributed by atoms with Gasteiger partial charge in [0.25, 0.3) is 0 Å². The maximum absolute atomic E-state index is 8.88. The van der Waals surface area contributed by atoms with Crippen molar-refractivity contribution in [3.05, 3.63) is 29.3 Å². The van der Waals surface area contributed by atoms with Gasteiger partial charge in [0.1, 0.15) is 5.75 Å². The highest BCUT2D eigenvalue weighted by Crippen LogP contribution is 2.28. The molecule has 0 saturated carbocycles. The average Bonchev–Trinajstić information content (AvgIpc) is 2.75. The van der Waals surface area contributed by atoms with Gasteiger partial charge in [-0.05, 0) is 49.7 Å². The molecule has 0 radical (unpaired) electrons. The Labute approximate surface area is 203 Å². The molecule has 0 aliphatic heterocycles. The van der Waals surface area contributed by atoms with E-state index in [2.05, 4.69) is 52.8 Å². The topological polar surface area (TPSA) is 87.0 Å². The molecule has 0 spiro atoms. The van der Waals surface area contributed by atoms with Crippen LogP contribution in [0.4, 0.5) is 0 Å². The predicted octanol–water partition coefficient (Wildman–Crippen LogP) is 7.98. The summed E-state index contributed by atoms with van der Waals surface area (Å²) in [5, 5.41) is 0. The van der Waals surface area contributed by atoms with Crippen molar-refractivity contribution in [2.45, 2.75) is 118 Å². The summed E-state index contributed by atoms with van der Waals surface area (Å²) in [6.07, 6.45) is 17.1. The van der Waals surface area contributed by atoms with Gasteiger partial charge >= 0.3 is 7.82 Å². The number of ether oxygens (including phenoxy) is 1.